The number of aromatic nitrogens is 1. The summed E-state index contributed by atoms with van der Waals surface area (Å²) in [6, 6.07) is 8.99. The molecule has 1 atom stereocenters. The van der Waals surface area contributed by atoms with Crippen molar-refractivity contribution in [1.82, 2.24) is 4.98 Å². The van der Waals surface area contributed by atoms with Gasteiger partial charge in [0.15, 0.2) is 17.3 Å². The Bertz CT molecular complexity index is 1040. The number of nitrogens with two attached hydrogens (primary N) is 1. The van der Waals surface area contributed by atoms with Crippen LogP contribution in [-0.2, 0) is 0 Å². The fraction of sp³-hybridized carbons (Fsp3) is 0.200. The quantitative estimate of drug-likeness (QED) is 0.688. The molecular weight excluding hydrogens is 335 g/mol. The standard InChI is InChI=1S/C20H19FN2O3/c1-3-26-19-12(11(2)22)7-8-16(17(19)21)18(24)14-5-4-6-15-13(14)9-10-23-20(15)25/h4-11H,3,22H2,1-2H3,(H,23,25). The number of carbonyl (C=O) groups is 1. The molecule has 3 aromatic rings. The molecule has 2 aromatic carbocycles. The minimum absolute atomic E-state index is 0.00793. The lowest BCUT2D eigenvalue weighted by Gasteiger charge is -2.16. The number of ketones is 1. The van der Waals surface area contributed by atoms with Crippen LogP contribution < -0.4 is 16.0 Å². The molecule has 1 aromatic heterocycles. The lowest BCUT2D eigenvalue weighted by molar-refractivity contribution is 0.103. The zero-order chi connectivity index (χ0) is 18.8. The average molecular weight is 354 g/mol. The van der Waals surface area contributed by atoms with Crippen molar-refractivity contribution in [1.29, 1.82) is 0 Å². The van der Waals surface area contributed by atoms with Crippen LogP contribution in [0.15, 0.2) is 47.4 Å². The van der Waals surface area contributed by atoms with Gasteiger partial charge >= 0.3 is 0 Å². The van der Waals surface area contributed by atoms with Crippen molar-refractivity contribution < 1.29 is 13.9 Å². The smallest absolute Gasteiger partial charge is 0.255 e. The molecule has 1 heterocycles. The van der Waals surface area contributed by atoms with Crippen LogP contribution in [0.5, 0.6) is 5.75 Å². The first kappa shape index (κ1) is 17.8. The van der Waals surface area contributed by atoms with Crippen LogP contribution in [0.1, 0.15) is 41.4 Å². The second-order valence-electron chi connectivity index (χ2n) is 5.97. The highest BCUT2D eigenvalue weighted by atomic mass is 19.1. The highest BCUT2D eigenvalue weighted by molar-refractivity contribution is 6.16. The molecule has 134 valence electrons. The second-order valence-corrected chi connectivity index (χ2v) is 5.97. The summed E-state index contributed by atoms with van der Waals surface area (Å²) >= 11 is 0. The summed E-state index contributed by atoms with van der Waals surface area (Å²) < 4.78 is 20.4. The van der Waals surface area contributed by atoms with E-state index >= 15 is 4.39 Å². The Hall–Kier alpha value is -2.99. The number of rotatable bonds is 5. The molecule has 3 N–H and O–H groups in total. The predicted molar refractivity (Wildman–Crippen MR) is 98.2 cm³/mol. The summed E-state index contributed by atoms with van der Waals surface area (Å²) in [6.45, 7) is 3.70. The number of carbonyl (C=O) groups excluding carboxylic acids is 1. The van der Waals surface area contributed by atoms with Gasteiger partial charge in [0, 0.05) is 28.8 Å². The summed E-state index contributed by atoms with van der Waals surface area (Å²) in [5.74, 6) is -1.27. The number of fused-ring (bicyclic) bond motifs is 1. The van der Waals surface area contributed by atoms with Gasteiger partial charge in [0.1, 0.15) is 0 Å². The average Bonchev–Trinajstić information content (AvgIpc) is 2.62. The summed E-state index contributed by atoms with van der Waals surface area (Å²) in [5, 5.41) is 0.839. The van der Waals surface area contributed by atoms with Crippen LogP contribution in [-0.4, -0.2) is 17.4 Å². The van der Waals surface area contributed by atoms with Crippen molar-refractivity contribution in [2.45, 2.75) is 19.9 Å². The van der Waals surface area contributed by atoms with Gasteiger partial charge in [-0.3, -0.25) is 9.59 Å². The van der Waals surface area contributed by atoms with E-state index in [1.807, 2.05) is 0 Å². The largest absolute Gasteiger partial charge is 0.490 e. The van der Waals surface area contributed by atoms with Gasteiger partial charge in [-0.05, 0) is 37.4 Å². The molecule has 0 aliphatic heterocycles. The molecule has 0 aliphatic rings. The van der Waals surface area contributed by atoms with Crippen LogP contribution in [0, 0.1) is 5.82 Å². The molecule has 5 nitrogen and oxygen atoms in total. The van der Waals surface area contributed by atoms with Gasteiger partial charge < -0.3 is 15.5 Å². The van der Waals surface area contributed by atoms with E-state index in [4.69, 9.17) is 10.5 Å². The number of ether oxygens (including phenoxy) is 1. The van der Waals surface area contributed by atoms with Gasteiger partial charge in [0.2, 0.25) is 0 Å². The van der Waals surface area contributed by atoms with Crippen LogP contribution >= 0.6 is 0 Å². The lowest BCUT2D eigenvalue weighted by atomic mass is 9.95. The fourth-order valence-electron chi connectivity index (χ4n) is 2.96. The number of hydrogen-bond acceptors (Lipinski definition) is 4. The van der Waals surface area contributed by atoms with E-state index in [2.05, 4.69) is 4.98 Å². The molecule has 0 saturated heterocycles. The minimum Gasteiger partial charge on any atom is -0.490 e. The lowest BCUT2D eigenvalue weighted by Crippen LogP contribution is -2.13. The van der Waals surface area contributed by atoms with E-state index in [1.165, 1.54) is 12.3 Å². The van der Waals surface area contributed by atoms with Gasteiger partial charge in [-0.15, -0.1) is 0 Å². The molecular formula is C20H19FN2O3. The number of aromatic amines is 1. The van der Waals surface area contributed by atoms with E-state index in [0.29, 0.717) is 16.3 Å². The van der Waals surface area contributed by atoms with Gasteiger partial charge in [-0.25, -0.2) is 4.39 Å². The summed E-state index contributed by atoms with van der Waals surface area (Å²) in [6.07, 6.45) is 1.46. The van der Waals surface area contributed by atoms with Crippen molar-refractivity contribution in [3.05, 3.63) is 75.5 Å². The SMILES string of the molecule is CCOc1c(C(C)N)ccc(C(=O)c2cccc3c(=O)[nH]ccc23)c1F. The van der Waals surface area contributed by atoms with Crippen LogP contribution in [0.2, 0.25) is 0 Å². The third-order valence-electron chi connectivity index (χ3n) is 4.21. The van der Waals surface area contributed by atoms with Crippen molar-refractivity contribution >= 4 is 16.6 Å². The van der Waals surface area contributed by atoms with E-state index in [0.717, 1.165) is 0 Å². The van der Waals surface area contributed by atoms with Gasteiger partial charge in [0.05, 0.1) is 12.2 Å². The van der Waals surface area contributed by atoms with Crippen LogP contribution in [0.25, 0.3) is 10.8 Å². The van der Waals surface area contributed by atoms with Crippen molar-refractivity contribution in [2.75, 3.05) is 6.61 Å². The van der Waals surface area contributed by atoms with E-state index in [1.54, 1.807) is 44.2 Å². The van der Waals surface area contributed by atoms with E-state index in [-0.39, 0.29) is 29.0 Å². The number of nitrogens with one attached hydrogen (secondary N) is 1. The molecule has 6 heteroatoms. The Morgan fingerprint density at radius 3 is 2.65 bits per heavy atom. The third kappa shape index (κ3) is 2.99. The van der Waals surface area contributed by atoms with Gasteiger partial charge in [-0.1, -0.05) is 18.2 Å². The van der Waals surface area contributed by atoms with Crippen LogP contribution in [0.4, 0.5) is 4.39 Å². The van der Waals surface area contributed by atoms with Crippen LogP contribution in [0.3, 0.4) is 0 Å². The first-order chi connectivity index (χ1) is 12.5. The first-order valence-electron chi connectivity index (χ1n) is 8.31. The monoisotopic (exact) mass is 354 g/mol. The predicted octanol–water partition coefficient (Wildman–Crippen LogP) is 3.32. The Labute approximate surface area is 149 Å². The maximum absolute atomic E-state index is 15.0. The molecule has 3 rings (SSSR count). The Morgan fingerprint density at radius 2 is 1.96 bits per heavy atom. The second kappa shape index (κ2) is 7.09. The molecule has 26 heavy (non-hydrogen) atoms. The maximum atomic E-state index is 15.0. The Balaban J connectivity index is 2.19. The number of hydrogen-bond donors (Lipinski definition) is 2. The molecule has 0 saturated carbocycles. The summed E-state index contributed by atoms with van der Waals surface area (Å²) in [5.41, 5.74) is 6.20. The van der Waals surface area contributed by atoms with Gasteiger partial charge in [-0.2, -0.15) is 0 Å². The Morgan fingerprint density at radius 1 is 1.19 bits per heavy atom. The van der Waals surface area contributed by atoms with Crippen molar-refractivity contribution in [3.8, 4) is 5.75 Å². The highest BCUT2D eigenvalue weighted by Gasteiger charge is 2.23. The first-order valence-corrected chi connectivity index (χ1v) is 8.31. The topological polar surface area (TPSA) is 85.2 Å². The molecule has 0 radical (unpaired) electrons. The van der Waals surface area contributed by atoms with Crippen molar-refractivity contribution in [2.24, 2.45) is 5.73 Å². The van der Waals surface area contributed by atoms with Crippen molar-refractivity contribution in [3.63, 3.8) is 0 Å². The fourth-order valence-corrected chi connectivity index (χ4v) is 2.96. The zero-order valence-electron chi connectivity index (χ0n) is 14.5. The maximum Gasteiger partial charge on any atom is 0.255 e. The highest BCUT2D eigenvalue weighted by Crippen LogP contribution is 2.31. The molecule has 0 aliphatic carbocycles. The number of benzene rings is 2. The molecule has 0 fully saturated rings. The molecule has 0 amide bonds. The van der Waals surface area contributed by atoms with Gasteiger partial charge in [0.25, 0.3) is 5.56 Å². The number of halogens is 1. The minimum atomic E-state index is -0.742. The normalized spacial score (nSPS) is 12.2. The number of H-pyrrole nitrogens is 1. The van der Waals surface area contributed by atoms with E-state index in [9.17, 15) is 9.59 Å². The summed E-state index contributed by atoms with van der Waals surface area (Å²) in [7, 11) is 0. The molecule has 1 unspecified atom stereocenters. The summed E-state index contributed by atoms with van der Waals surface area (Å²) in [4.78, 5) is 27.5. The third-order valence-corrected chi connectivity index (χ3v) is 4.21. The zero-order valence-corrected chi connectivity index (χ0v) is 14.5. The van der Waals surface area contributed by atoms with E-state index < -0.39 is 17.6 Å². The number of pyridine rings is 1. The molecule has 0 spiro atoms. The Kier molecular flexibility index (Phi) is 4.86. The molecule has 0 bridgehead atoms.